The Balaban J connectivity index is 0.000000810. The van der Waals surface area contributed by atoms with Crippen LogP contribution in [0.5, 0.6) is 0 Å². The molecular formula is C8H12ClP. The van der Waals surface area contributed by atoms with Crippen LogP contribution >= 0.6 is 21.6 Å². The second kappa shape index (κ2) is 4.71. The van der Waals surface area contributed by atoms with E-state index in [2.05, 4.69) is 40.4 Å². The monoisotopic (exact) mass is 174 g/mol. The molecule has 1 unspecified atom stereocenters. The van der Waals surface area contributed by atoms with Crippen LogP contribution in [-0.4, -0.2) is 0 Å². The molecule has 56 valence electrons. The molecule has 0 aromatic heterocycles. The lowest BCUT2D eigenvalue weighted by molar-refractivity contribution is 1.14. The van der Waals surface area contributed by atoms with Gasteiger partial charge in [0.25, 0.3) is 0 Å². The molecule has 1 aromatic rings. The average Bonchev–Trinajstić information content (AvgIpc) is 1.90. The van der Waals surface area contributed by atoms with E-state index < -0.39 is 0 Å². The maximum atomic E-state index is 2.67. The molecule has 0 nitrogen and oxygen atoms in total. The number of aryl methyl sites for hydroxylation is 1. The first-order valence-corrected chi connectivity index (χ1v) is 3.75. The van der Waals surface area contributed by atoms with Gasteiger partial charge in [-0.25, -0.2) is 0 Å². The van der Waals surface area contributed by atoms with Crippen LogP contribution < -0.4 is 5.30 Å². The summed E-state index contributed by atoms with van der Waals surface area (Å²) in [4.78, 5) is 0. The number of hydrogen-bond acceptors (Lipinski definition) is 0. The summed E-state index contributed by atoms with van der Waals surface area (Å²) in [6.45, 7) is 2.16. The molecule has 0 heterocycles. The van der Waals surface area contributed by atoms with Crippen molar-refractivity contribution in [3.8, 4) is 0 Å². The summed E-state index contributed by atoms with van der Waals surface area (Å²) in [6, 6.07) is 8.54. The highest BCUT2D eigenvalue weighted by Crippen LogP contribution is 1.98. The molecule has 0 spiro atoms. The van der Waals surface area contributed by atoms with Gasteiger partial charge >= 0.3 is 0 Å². The fraction of sp³-hybridized carbons (Fsp3) is 0.250. The molecule has 0 saturated heterocycles. The second-order valence-corrected chi connectivity index (χ2v) is 2.76. The minimum Gasteiger partial charge on any atom is -0.147 e. The topological polar surface area (TPSA) is 0 Å². The fourth-order valence-corrected chi connectivity index (χ4v) is 0.946. The van der Waals surface area contributed by atoms with Crippen molar-refractivity contribution in [2.45, 2.75) is 13.3 Å². The summed E-state index contributed by atoms with van der Waals surface area (Å²) in [5, 5.41) is 1.26. The van der Waals surface area contributed by atoms with Gasteiger partial charge in [0.05, 0.1) is 0 Å². The predicted octanol–water partition coefficient (Wildman–Crippen LogP) is 2.17. The Morgan fingerprint density at radius 1 is 1.20 bits per heavy atom. The van der Waals surface area contributed by atoms with E-state index in [4.69, 9.17) is 0 Å². The second-order valence-electron chi connectivity index (χ2n) is 2.10. The van der Waals surface area contributed by atoms with Gasteiger partial charge in [0.15, 0.2) is 0 Å². The Labute approximate surface area is 70.6 Å². The van der Waals surface area contributed by atoms with E-state index in [1.807, 2.05) is 0 Å². The van der Waals surface area contributed by atoms with E-state index in [1.54, 1.807) is 0 Å². The zero-order valence-electron chi connectivity index (χ0n) is 6.00. The van der Waals surface area contributed by atoms with Gasteiger partial charge in [-0.2, -0.15) is 0 Å². The van der Waals surface area contributed by atoms with Crippen molar-refractivity contribution in [2.24, 2.45) is 0 Å². The first-order valence-electron chi connectivity index (χ1n) is 3.17. The van der Waals surface area contributed by atoms with Crippen LogP contribution in [0.2, 0.25) is 0 Å². The van der Waals surface area contributed by atoms with Gasteiger partial charge < -0.3 is 0 Å². The molecule has 0 radical (unpaired) electrons. The maximum Gasteiger partial charge on any atom is -0.0302 e. The van der Waals surface area contributed by atoms with E-state index in [1.165, 1.54) is 10.9 Å². The van der Waals surface area contributed by atoms with E-state index >= 15 is 0 Å². The lowest BCUT2D eigenvalue weighted by atomic mass is 10.2. The fourth-order valence-electron chi connectivity index (χ4n) is 0.753. The van der Waals surface area contributed by atoms with Crippen molar-refractivity contribution < 1.29 is 0 Å². The van der Waals surface area contributed by atoms with E-state index in [0.717, 1.165) is 6.42 Å². The zero-order valence-corrected chi connectivity index (χ0v) is 7.97. The van der Waals surface area contributed by atoms with Gasteiger partial charge in [0, 0.05) is 0 Å². The van der Waals surface area contributed by atoms with Gasteiger partial charge in [0.2, 0.25) is 0 Å². The summed E-state index contributed by atoms with van der Waals surface area (Å²) in [6.07, 6.45) is 1.13. The SMILES string of the molecule is CCc1ccc(P)cc1.Cl. The first kappa shape index (κ1) is 9.94. The number of benzene rings is 1. The van der Waals surface area contributed by atoms with E-state index in [0.29, 0.717) is 0 Å². The van der Waals surface area contributed by atoms with Crippen LogP contribution in [0.25, 0.3) is 0 Å². The molecule has 1 atom stereocenters. The summed E-state index contributed by atoms with van der Waals surface area (Å²) in [7, 11) is 2.67. The molecule has 1 rings (SSSR count). The molecule has 10 heavy (non-hydrogen) atoms. The first-order chi connectivity index (χ1) is 4.33. The Bertz CT molecular complexity index is 181. The van der Waals surface area contributed by atoms with Crippen LogP contribution in [0, 0.1) is 0 Å². The molecule has 0 saturated carbocycles. The highest BCUT2D eigenvalue weighted by atomic mass is 35.5. The predicted molar refractivity (Wildman–Crippen MR) is 52.4 cm³/mol. The van der Waals surface area contributed by atoms with Crippen LogP contribution in [-0.2, 0) is 6.42 Å². The van der Waals surface area contributed by atoms with Crippen LogP contribution in [0.15, 0.2) is 24.3 Å². The third kappa shape index (κ3) is 2.68. The Hall–Kier alpha value is -0.0600. The van der Waals surface area contributed by atoms with E-state index in [-0.39, 0.29) is 12.4 Å². The normalized spacial score (nSPS) is 8.60. The van der Waals surface area contributed by atoms with Gasteiger partial charge in [-0.05, 0) is 17.3 Å². The Kier molecular flexibility index (Phi) is 4.68. The molecule has 0 aliphatic rings. The van der Waals surface area contributed by atoms with Crippen molar-refractivity contribution in [1.29, 1.82) is 0 Å². The average molecular weight is 175 g/mol. The standard InChI is InChI=1S/C8H11P.ClH/c1-2-7-3-5-8(9)6-4-7;/h3-6H,2,9H2,1H3;1H. The van der Waals surface area contributed by atoms with E-state index in [9.17, 15) is 0 Å². The summed E-state index contributed by atoms with van der Waals surface area (Å²) in [5.74, 6) is 0. The molecule has 1 aromatic carbocycles. The molecule has 0 fully saturated rings. The molecule has 0 aliphatic heterocycles. The van der Waals surface area contributed by atoms with Gasteiger partial charge in [-0.3, -0.25) is 0 Å². The van der Waals surface area contributed by atoms with Gasteiger partial charge in [-0.1, -0.05) is 31.2 Å². The van der Waals surface area contributed by atoms with Crippen LogP contribution in [0.1, 0.15) is 12.5 Å². The molecule has 2 heteroatoms. The highest BCUT2D eigenvalue weighted by Gasteiger charge is 1.84. The summed E-state index contributed by atoms with van der Waals surface area (Å²) in [5.41, 5.74) is 1.40. The maximum absolute atomic E-state index is 2.67. The molecule has 0 amide bonds. The molecule has 0 aliphatic carbocycles. The van der Waals surface area contributed by atoms with Gasteiger partial charge in [-0.15, -0.1) is 21.6 Å². The smallest absolute Gasteiger partial charge is 0.0302 e. The van der Waals surface area contributed by atoms with Crippen LogP contribution in [0.4, 0.5) is 0 Å². The summed E-state index contributed by atoms with van der Waals surface area (Å²) >= 11 is 0. The van der Waals surface area contributed by atoms with Crippen molar-refractivity contribution in [2.75, 3.05) is 0 Å². The zero-order chi connectivity index (χ0) is 6.69. The quantitative estimate of drug-likeness (QED) is 0.573. The van der Waals surface area contributed by atoms with Crippen molar-refractivity contribution in [3.05, 3.63) is 29.8 Å². The lowest BCUT2D eigenvalue weighted by Gasteiger charge is -1.94. The summed E-state index contributed by atoms with van der Waals surface area (Å²) < 4.78 is 0. The highest BCUT2D eigenvalue weighted by molar-refractivity contribution is 7.27. The third-order valence-corrected chi connectivity index (χ3v) is 1.77. The Morgan fingerprint density at radius 2 is 1.70 bits per heavy atom. The third-order valence-electron chi connectivity index (χ3n) is 1.39. The van der Waals surface area contributed by atoms with Gasteiger partial charge in [0.1, 0.15) is 0 Å². The molecule has 0 bridgehead atoms. The van der Waals surface area contributed by atoms with Crippen molar-refractivity contribution in [1.82, 2.24) is 0 Å². The minimum absolute atomic E-state index is 0. The Morgan fingerprint density at radius 3 is 2.10 bits per heavy atom. The molecular weight excluding hydrogens is 163 g/mol. The van der Waals surface area contributed by atoms with Crippen LogP contribution in [0.3, 0.4) is 0 Å². The number of rotatable bonds is 1. The van der Waals surface area contributed by atoms with Crippen molar-refractivity contribution in [3.63, 3.8) is 0 Å². The number of halogens is 1. The number of hydrogen-bond donors (Lipinski definition) is 0. The van der Waals surface area contributed by atoms with Crippen molar-refractivity contribution >= 4 is 27.0 Å². The largest absolute Gasteiger partial charge is 0.147 e. The lowest BCUT2D eigenvalue weighted by Crippen LogP contribution is -1.88. The molecule has 0 N–H and O–H groups in total. The minimum atomic E-state index is 0.